The fourth-order valence-electron chi connectivity index (χ4n) is 2.03. The summed E-state index contributed by atoms with van der Waals surface area (Å²) in [5.74, 6) is 0. The Labute approximate surface area is 94.2 Å². The van der Waals surface area contributed by atoms with Crippen molar-refractivity contribution in [1.29, 1.82) is 0 Å². The van der Waals surface area contributed by atoms with Crippen molar-refractivity contribution in [3.05, 3.63) is 0 Å². The normalized spacial score (nSPS) is 28.6. The Morgan fingerprint density at radius 2 is 2.27 bits per heavy atom. The van der Waals surface area contributed by atoms with Gasteiger partial charge in [-0.25, -0.2) is 0 Å². The molecule has 0 aliphatic carbocycles. The highest BCUT2D eigenvalue weighted by Gasteiger charge is 2.29. The molecule has 0 aromatic rings. The van der Waals surface area contributed by atoms with Gasteiger partial charge in [-0.05, 0) is 40.3 Å². The van der Waals surface area contributed by atoms with Gasteiger partial charge in [0.15, 0.2) is 0 Å². The van der Waals surface area contributed by atoms with E-state index in [9.17, 15) is 0 Å². The van der Waals surface area contributed by atoms with E-state index in [4.69, 9.17) is 4.74 Å². The highest BCUT2D eigenvalue weighted by molar-refractivity contribution is 4.83. The smallest absolute Gasteiger partial charge is 0.0779 e. The average Bonchev–Trinajstić information content (AvgIpc) is 2.63. The van der Waals surface area contributed by atoms with Crippen molar-refractivity contribution in [2.24, 2.45) is 0 Å². The van der Waals surface area contributed by atoms with Crippen LogP contribution in [0, 0.1) is 0 Å². The van der Waals surface area contributed by atoms with Crippen LogP contribution in [0.4, 0.5) is 0 Å². The molecule has 0 aromatic carbocycles. The van der Waals surface area contributed by atoms with Crippen LogP contribution in [0.5, 0.6) is 0 Å². The molecular weight excluding hydrogens is 188 g/mol. The zero-order valence-electron chi connectivity index (χ0n) is 10.7. The Morgan fingerprint density at radius 3 is 2.80 bits per heavy atom. The first-order valence-electron chi connectivity index (χ1n) is 6.11. The predicted molar refractivity (Wildman–Crippen MR) is 64.2 cm³/mol. The molecule has 1 aliphatic heterocycles. The van der Waals surface area contributed by atoms with Gasteiger partial charge in [0.05, 0.1) is 5.60 Å². The Morgan fingerprint density at radius 1 is 1.53 bits per heavy atom. The van der Waals surface area contributed by atoms with E-state index in [1.54, 1.807) is 0 Å². The Kier molecular flexibility index (Phi) is 5.03. The zero-order valence-corrected chi connectivity index (χ0v) is 10.7. The molecule has 3 heteroatoms. The minimum atomic E-state index is 0.0824. The molecule has 90 valence electrons. The summed E-state index contributed by atoms with van der Waals surface area (Å²) in [5, 5.41) is 3.56. The Hall–Kier alpha value is -0.120. The van der Waals surface area contributed by atoms with Crippen LogP contribution in [0.2, 0.25) is 0 Å². The lowest BCUT2D eigenvalue weighted by Crippen LogP contribution is -2.45. The zero-order chi connectivity index (χ0) is 11.3. The average molecular weight is 214 g/mol. The van der Waals surface area contributed by atoms with Crippen LogP contribution >= 0.6 is 0 Å². The van der Waals surface area contributed by atoms with Crippen LogP contribution in [-0.2, 0) is 4.74 Å². The first-order chi connectivity index (χ1) is 7.06. The molecule has 15 heavy (non-hydrogen) atoms. The first-order valence-corrected chi connectivity index (χ1v) is 6.11. The third-order valence-corrected chi connectivity index (χ3v) is 3.25. The van der Waals surface area contributed by atoms with Crippen molar-refractivity contribution in [3.63, 3.8) is 0 Å². The van der Waals surface area contributed by atoms with Crippen LogP contribution in [0.1, 0.15) is 33.6 Å². The summed E-state index contributed by atoms with van der Waals surface area (Å²) >= 11 is 0. The van der Waals surface area contributed by atoms with Gasteiger partial charge < -0.3 is 15.0 Å². The maximum atomic E-state index is 5.75. The molecule has 0 aromatic heterocycles. The topological polar surface area (TPSA) is 24.5 Å². The molecule has 1 saturated heterocycles. The second kappa shape index (κ2) is 5.83. The lowest BCUT2D eigenvalue weighted by molar-refractivity contribution is 0.0185. The predicted octanol–water partition coefficient (Wildman–Crippen LogP) is 1.49. The molecule has 1 heterocycles. The summed E-state index contributed by atoms with van der Waals surface area (Å²) in [7, 11) is 2.16. The molecule has 1 rings (SSSR count). The molecule has 1 N–H and O–H groups in total. The minimum Gasteiger partial charge on any atom is -0.374 e. The monoisotopic (exact) mass is 214 g/mol. The highest BCUT2D eigenvalue weighted by Crippen LogP contribution is 2.23. The van der Waals surface area contributed by atoms with E-state index in [0.29, 0.717) is 6.04 Å². The number of rotatable bonds is 6. The maximum absolute atomic E-state index is 5.75. The van der Waals surface area contributed by atoms with Gasteiger partial charge in [0, 0.05) is 25.7 Å². The van der Waals surface area contributed by atoms with Crippen molar-refractivity contribution >= 4 is 0 Å². The van der Waals surface area contributed by atoms with Crippen molar-refractivity contribution < 1.29 is 4.74 Å². The number of hydrogen-bond donors (Lipinski definition) is 1. The van der Waals surface area contributed by atoms with Gasteiger partial charge in [0.25, 0.3) is 0 Å². The second-order valence-corrected chi connectivity index (χ2v) is 5.04. The van der Waals surface area contributed by atoms with Crippen LogP contribution in [-0.4, -0.2) is 49.8 Å². The standard InChI is InChI=1S/C12H26N2O/c1-5-14(4)9-11(2)13-10-12(3)7-6-8-15-12/h11,13H,5-10H2,1-4H3. The van der Waals surface area contributed by atoms with E-state index in [1.165, 1.54) is 12.8 Å². The number of nitrogens with zero attached hydrogens (tertiary/aromatic N) is 1. The number of likely N-dealkylation sites (N-methyl/N-ethyl adjacent to an activating group) is 1. The van der Waals surface area contributed by atoms with Gasteiger partial charge in [-0.1, -0.05) is 6.92 Å². The van der Waals surface area contributed by atoms with Gasteiger partial charge in [-0.3, -0.25) is 0 Å². The Balaban J connectivity index is 2.18. The summed E-state index contributed by atoms with van der Waals surface area (Å²) in [4.78, 5) is 2.33. The van der Waals surface area contributed by atoms with E-state index in [1.807, 2.05) is 0 Å². The minimum absolute atomic E-state index is 0.0824. The third-order valence-electron chi connectivity index (χ3n) is 3.25. The van der Waals surface area contributed by atoms with Crippen LogP contribution in [0.15, 0.2) is 0 Å². The summed E-state index contributed by atoms with van der Waals surface area (Å²) in [6.07, 6.45) is 2.40. The van der Waals surface area contributed by atoms with Gasteiger partial charge >= 0.3 is 0 Å². The Bertz CT molecular complexity index is 178. The molecule has 0 spiro atoms. The molecule has 3 nitrogen and oxygen atoms in total. The fourth-order valence-corrected chi connectivity index (χ4v) is 2.03. The van der Waals surface area contributed by atoms with Crippen LogP contribution in [0.25, 0.3) is 0 Å². The maximum Gasteiger partial charge on any atom is 0.0779 e. The molecule has 2 unspecified atom stereocenters. The van der Waals surface area contributed by atoms with E-state index in [0.717, 1.165) is 26.2 Å². The van der Waals surface area contributed by atoms with Gasteiger partial charge in [0.2, 0.25) is 0 Å². The fraction of sp³-hybridized carbons (Fsp3) is 1.00. The SMILES string of the molecule is CCN(C)CC(C)NCC1(C)CCCO1. The number of hydrogen-bond acceptors (Lipinski definition) is 3. The molecule has 1 aliphatic rings. The number of ether oxygens (including phenoxy) is 1. The lowest BCUT2D eigenvalue weighted by atomic mass is 10.0. The molecule has 2 atom stereocenters. The van der Waals surface area contributed by atoms with Crippen molar-refractivity contribution in [1.82, 2.24) is 10.2 Å². The number of nitrogens with one attached hydrogen (secondary N) is 1. The van der Waals surface area contributed by atoms with Gasteiger partial charge in [0.1, 0.15) is 0 Å². The molecule has 0 bridgehead atoms. The summed E-state index contributed by atoms with van der Waals surface area (Å²) < 4.78 is 5.75. The molecular formula is C12H26N2O. The third kappa shape index (κ3) is 4.49. The van der Waals surface area contributed by atoms with Crippen LogP contribution in [0.3, 0.4) is 0 Å². The molecule has 0 saturated carbocycles. The van der Waals surface area contributed by atoms with E-state index < -0.39 is 0 Å². The molecule has 0 radical (unpaired) electrons. The van der Waals surface area contributed by atoms with Crippen molar-refractivity contribution in [2.75, 3.05) is 33.3 Å². The summed E-state index contributed by atoms with van der Waals surface area (Å²) in [5.41, 5.74) is 0.0824. The second-order valence-electron chi connectivity index (χ2n) is 5.04. The molecule has 1 fully saturated rings. The largest absolute Gasteiger partial charge is 0.374 e. The van der Waals surface area contributed by atoms with Crippen molar-refractivity contribution in [2.45, 2.75) is 45.3 Å². The summed E-state index contributed by atoms with van der Waals surface area (Å²) in [6, 6.07) is 0.538. The highest BCUT2D eigenvalue weighted by atomic mass is 16.5. The van der Waals surface area contributed by atoms with E-state index in [2.05, 4.69) is 38.0 Å². The quantitative estimate of drug-likeness (QED) is 0.725. The van der Waals surface area contributed by atoms with Gasteiger partial charge in [-0.2, -0.15) is 0 Å². The van der Waals surface area contributed by atoms with Gasteiger partial charge in [-0.15, -0.1) is 0 Å². The lowest BCUT2D eigenvalue weighted by Gasteiger charge is -2.27. The van der Waals surface area contributed by atoms with Crippen LogP contribution < -0.4 is 5.32 Å². The van der Waals surface area contributed by atoms with E-state index in [-0.39, 0.29) is 5.60 Å². The van der Waals surface area contributed by atoms with Crippen molar-refractivity contribution in [3.8, 4) is 0 Å². The summed E-state index contributed by atoms with van der Waals surface area (Å²) in [6.45, 7) is 10.8. The molecule has 0 amide bonds. The first kappa shape index (κ1) is 12.9. The van der Waals surface area contributed by atoms with E-state index >= 15 is 0 Å².